The zero-order valence-corrected chi connectivity index (χ0v) is 10.2. The van der Waals surface area contributed by atoms with E-state index in [1.807, 2.05) is 31.2 Å². The predicted octanol–water partition coefficient (Wildman–Crippen LogP) is 2.43. The zero-order valence-electron chi connectivity index (χ0n) is 10.2. The van der Waals surface area contributed by atoms with Gasteiger partial charge in [0.1, 0.15) is 11.8 Å². The van der Waals surface area contributed by atoms with E-state index in [2.05, 4.69) is 9.97 Å². The summed E-state index contributed by atoms with van der Waals surface area (Å²) in [5, 5.41) is 10.1. The van der Waals surface area contributed by atoms with Crippen LogP contribution < -0.4 is 0 Å². The Labute approximate surface area is 109 Å². The maximum atomic E-state index is 11.5. The Hall–Kier alpha value is -2.69. The van der Waals surface area contributed by atoms with E-state index < -0.39 is 5.97 Å². The molecule has 0 bridgehead atoms. The molecule has 3 aromatic rings. The van der Waals surface area contributed by atoms with Gasteiger partial charge in [-0.3, -0.25) is 0 Å². The summed E-state index contributed by atoms with van der Waals surface area (Å²) in [6, 6.07) is 7.66. The van der Waals surface area contributed by atoms with Crippen LogP contribution in [0.2, 0.25) is 0 Å². The second-order valence-electron chi connectivity index (χ2n) is 4.32. The largest absolute Gasteiger partial charge is 0.476 e. The van der Waals surface area contributed by atoms with Gasteiger partial charge in [-0.1, -0.05) is 12.1 Å². The van der Waals surface area contributed by atoms with Crippen LogP contribution in [0, 0.1) is 6.92 Å². The van der Waals surface area contributed by atoms with Crippen molar-refractivity contribution in [3.05, 3.63) is 54.2 Å². The van der Waals surface area contributed by atoms with Crippen molar-refractivity contribution in [2.75, 3.05) is 0 Å². The number of fused-ring (bicyclic) bond motifs is 1. The zero-order chi connectivity index (χ0) is 13.4. The average molecular weight is 253 g/mol. The van der Waals surface area contributed by atoms with Crippen molar-refractivity contribution >= 4 is 16.9 Å². The first-order chi connectivity index (χ1) is 9.16. The van der Waals surface area contributed by atoms with E-state index in [-0.39, 0.29) is 5.69 Å². The Morgan fingerprint density at radius 3 is 2.95 bits per heavy atom. The van der Waals surface area contributed by atoms with E-state index in [1.165, 1.54) is 6.33 Å². The van der Waals surface area contributed by atoms with Gasteiger partial charge < -0.3 is 9.67 Å². The second-order valence-corrected chi connectivity index (χ2v) is 4.32. The third-order valence-electron chi connectivity index (χ3n) is 2.96. The Bertz CT molecular complexity index is 777. The number of carboxylic acid groups (broad SMARTS) is 1. The molecular formula is C14H11N3O2. The van der Waals surface area contributed by atoms with Crippen molar-refractivity contribution in [1.82, 2.24) is 14.5 Å². The Kier molecular flexibility index (Phi) is 2.52. The Morgan fingerprint density at radius 2 is 2.21 bits per heavy atom. The second kappa shape index (κ2) is 4.20. The van der Waals surface area contributed by atoms with E-state index in [9.17, 15) is 9.90 Å². The van der Waals surface area contributed by atoms with Crippen LogP contribution in [0.1, 0.15) is 16.1 Å². The van der Waals surface area contributed by atoms with Crippen LogP contribution in [0.4, 0.5) is 0 Å². The molecule has 0 radical (unpaired) electrons. The minimum atomic E-state index is -1.00. The van der Waals surface area contributed by atoms with Gasteiger partial charge in [-0.25, -0.2) is 14.8 Å². The molecule has 0 saturated carbocycles. The van der Waals surface area contributed by atoms with Crippen molar-refractivity contribution in [1.29, 1.82) is 0 Å². The Balaban J connectivity index is 2.34. The molecule has 0 atom stereocenters. The standard InChI is InChI=1S/C14H11N3O2/c1-9-3-2-4-11(5-9)17-7-10-6-15-8-16-12(10)13(17)14(18)19/h2-8H,1H3,(H,18,19). The number of benzene rings is 1. The molecule has 2 aromatic heterocycles. The van der Waals surface area contributed by atoms with Gasteiger partial charge in [-0.05, 0) is 24.6 Å². The summed E-state index contributed by atoms with van der Waals surface area (Å²) in [6.45, 7) is 1.97. The summed E-state index contributed by atoms with van der Waals surface area (Å²) < 4.78 is 1.63. The number of hydrogen-bond donors (Lipinski definition) is 1. The molecule has 0 unspecified atom stereocenters. The molecule has 5 heteroatoms. The van der Waals surface area contributed by atoms with Crippen LogP contribution in [0.15, 0.2) is 43.0 Å². The summed E-state index contributed by atoms with van der Waals surface area (Å²) in [6.07, 6.45) is 4.71. The van der Waals surface area contributed by atoms with E-state index in [1.54, 1.807) is 17.0 Å². The van der Waals surface area contributed by atoms with Crippen molar-refractivity contribution in [2.24, 2.45) is 0 Å². The highest BCUT2D eigenvalue weighted by atomic mass is 16.4. The van der Waals surface area contributed by atoms with Gasteiger partial charge in [-0.15, -0.1) is 0 Å². The quantitative estimate of drug-likeness (QED) is 0.761. The summed E-state index contributed by atoms with van der Waals surface area (Å²) in [5.74, 6) is -1.00. The first-order valence-electron chi connectivity index (χ1n) is 5.78. The number of aromatic nitrogens is 3. The van der Waals surface area contributed by atoms with Crippen LogP contribution in [-0.4, -0.2) is 25.6 Å². The van der Waals surface area contributed by atoms with E-state index >= 15 is 0 Å². The lowest BCUT2D eigenvalue weighted by Crippen LogP contribution is -2.06. The molecule has 0 amide bonds. The van der Waals surface area contributed by atoms with Crippen LogP contribution in [0.5, 0.6) is 0 Å². The molecule has 2 heterocycles. The molecule has 3 rings (SSSR count). The first kappa shape index (κ1) is 11.4. The van der Waals surface area contributed by atoms with Gasteiger partial charge in [0.2, 0.25) is 0 Å². The van der Waals surface area contributed by atoms with Gasteiger partial charge in [-0.2, -0.15) is 0 Å². The van der Waals surface area contributed by atoms with Crippen LogP contribution in [0.3, 0.4) is 0 Å². The van der Waals surface area contributed by atoms with Crippen LogP contribution in [-0.2, 0) is 0 Å². The maximum Gasteiger partial charge on any atom is 0.355 e. The molecule has 94 valence electrons. The van der Waals surface area contributed by atoms with E-state index in [4.69, 9.17) is 0 Å². The number of hydrogen-bond acceptors (Lipinski definition) is 3. The summed E-state index contributed by atoms with van der Waals surface area (Å²) in [4.78, 5) is 19.5. The van der Waals surface area contributed by atoms with Crippen LogP contribution >= 0.6 is 0 Å². The topological polar surface area (TPSA) is 68.0 Å². The minimum Gasteiger partial charge on any atom is -0.476 e. The van der Waals surface area contributed by atoms with Crippen molar-refractivity contribution in [3.8, 4) is 5.69 Å². The van der Waals surface area contributed by atoms with E-state index in [0.717, 1.165) is 11.3 Å². The first-order valence-corrected chi connectivity index (χ1v) is 5.78. The number of carbonyl (C=O) groups is 1. The number of nitrogens with zero attached hydrogens (tertiary/aromatic N) is 3. The number of aryl methyl sites for hydroxylation is 1. The normalized spacial score (nSPS) is 10.8. The van der Waals surface area contributed by atoms with Gasteiger partial charge in [0, 0.05) is 23.5 Å². The van der Waals surface area contributed by atoms with Gasteiger partial charge in [0.05, 0.1) is 0 Å². The lowest BCUT2D eigenvalue weighted by molar-refractivity contribution is 0.0690. The van der Waals surface area contributed by atoms with Crippen LogP contribution in [0.25, 0.3) is 16.6 Å². The molecular weight excluding hydrogens is 242 g/mol. The molecule has 0 spiro atoms. The lowest BCUT2D eigenvalue weighted by atomic mass is 10.2. The van der Waals surface area contributed by atoms with Gasteiger partial charge in [0.25, 0.3) is 0 Å². The summed E-state index contributed by atoms with van der Waals surface area (Å²) in [7, 11) is 0. The highest BCUT2D eigenvalue weighted by Crippen LogP contribution is 2.22. The fraction of sp³-hybridized carbons (Fsp3) is 0.0714. The monoisotopic (exact) mass is 253 g/mol. The average Bonchev–Trinajstić information content (AvgIpc) is 2.78. The predicted molar refractivity (Wildman–Crippen MR) is 70.6 cm³/mol. The third kappa shape index (κ3) is 1.85. The molecule has 0 aliphatic heterocycles. The molecule has 0 fully saturated rings. The minimum absolute atomic E-state index is 0.156. The van der Waals surface area contributed by atoms with Crippen molar-refractivity contribution in [3.63, 3.8) is 0 Å². The van der Waals surface area contributed by atoms with Crippen molar-refractivity contribution in [2.45, 2.75) is 6.92 Å². The molecule has 1 N–H and O–H groups in total. The van der Waals surface area contributed by atoms with Crippen molar-refractivity contribution < 1.29 is 9.90 Å². The number of aromatic carboxylic acids is 1. The van der Waals surface area contributed by atoms with E-state index in [0.29, 0.717) is 10.9 Å². The SMILES string of the molecule is Cc1cccc(-n2cc3cncnc3c2C(=O)O)c1. The third-order valence-corrected chi connectivity index (χ3v) is 2.96. The van der Waals surface area contributed by atoms with Gasteiger partial charge in [0.15, 0.2) is 5.69 Å². The molecule has 0 aliphatic carbocycles. The molecule has 19 heavy (non-hydrogen) atoms. The number of carboxylic acids is 1. The smallest absolute Gasteiger partial charge is 0.355 e. The van der Waals surface area contributed by atoms with Gasteiger partial charge >= 0.3 is 5.97 Å². The molecule has 5 nitrogen and oxygen atoms in total. The lowest BCUT2D eigenvalue weighted by Gasteiger charge is -2.06. The fourth-order valence-corrected chi connectivity index (χ4v) is 2.14. The molecule has 0 saturated heterocycles. The number of rotatable bonds is 2. The highest BCUT2D eigenvalue weighted by molar-refractivity contribution is 6.01. The summed E-state index contributed by atoms with van der Waals surface area (Å²) in [5.41, 5.74) is 2.47. The molecule has 0 aliphatic rings. The maximum absolute atomic E-state index is 11.5. The summed E-state index contributed by atoms with van der Waals surface area (Å²) >= 11 is 0. The fourth-order valence-electron chi connectivity index (χ4n) is 2.14. The molecule has 1 aromatic carbocycles. The highest BCUT2D eigenvalue weighted by Gasteiger charge is 2.18. The Morgan fingerprint density at radius 1 is 1.37 bits per heavy atom.